The summed E-state index contributed by atoms with van der Waals surface area (Å²) in [7, 11) is -3.76. The lowest BCUT2D eigenvalue weighted by molar-refractivity contribution is -0.116. The molecular weight excluding hydrogens is 496 g/mol. The van der Waals surface area contributed by atoms with Crippen LogP contribution < -0.4 is 11.3 Å². The summed E-state index contributed by atoms with van der Waals surface area (Å²) in [5.74, 6) is -1.75. The van der Waals surface area contributed by atoms with E-state index in [0.717, 1.165) is 16.9 Å². The lowest BCUT2D eigenvalue weighted by Gasteiger charge is -2.12. The maximum Gasteiger partial charge on any atom is 0.262 e. The summed E-state index contributed by atoms with van der Waals surface area (Å²) < 4.78 is 26.5. The van der Waals surface area contributed by atoms with Crippen LogP contribution in [-0.4, -0.2) is 30.4 Å². The van der Waals surface area contributed by atoms with E-state index in [0.29, 0.717) is 26.4 Å². The normalized spacial score (nSPS) is 11.6. The Morgan fingerprint density at radius 1 is 1.03 bits per heavy atom. The van der Waals surface area contributed by atoms with Gasteiger partial charge in [0, 0.05) is 29.1 Å². The van der Waals surface area contributed by atoms with Crippen molar-refractivity contribution in [2.75, 3.05) is 5.75 Å². The summed E-state index contributed by atoms with van der Waals surface area (Å²) in [5.41, 5.74) is 7.42. The van der Waals surface area contributed by atoms with Gasteiger partial charge in [-0.1, -0.05) is 41.4 Å². The number of nitrogens with zero attached hydrogens (tertiary/aromatic N) is 1. The summed E-state index contributed by atoms with van der Waals surface area (Å²) in [5, 5.41) is 0.851. The molecule has 1 amide bonds. The number of aryl methyl sites for hydroxylation is 1. The number of halogens is 1. The van der Waals surface area contributed by atoms with Crippen molar-refractivity contribution in [2.24, 2.45) is 5.73 Å². The fraction of sp³-hybridized carbons (Fsp3) is 0.125. The number of fused-ring (bicyclic) bond motifs is 1. The number of amides is 1. The highest BCUT2D eigenvalue weighted by Gasteiger charge is 2.21. The van der Waals surface area contributed by atoms with Crippen molar-refractivity contribution in [1.82, 2.24) is 4.57 Å². The van der Waals surface area contributed by atoms with Crippen LogP contribution in [0.2, 0.25) is 4.34 Å². The Balaban J connectivity index is 1.60. The van der Waals surface area contributed by atoms with Gasteiger partial charge in [-0.05, 0) is 42.8 Å². The van der Waals surface area contributed by atoms with E-state index in [4.69, 9.17) is 17.3 Å². The number of Topliss-reactive ketones (excluding diaryl/α,β-unsaturated/α-hetero) is 1. The SMILES string of the molecule is Cc1ccc2c(=O)n(-c3ccc(CC(=O)CS(=O)(=O)c4ccc(Cl)s4)cc3)cc(C(N)=O)c2c1. The summed E-state index contributed by atoms with van der Waals surface area (Å²) in [6.45, 7) is 1.86. The zero-order chi connectivity index (χ0) is 24.6. The highest BCUT2D eigenvalue weighted by molar-refractivity contribution is 7.94. The lowest BCUT2D eigenvalue weighted by atomic mass is 10.0. The number of nitrogens with two attached hydrogens (primary N) is 1. The van der Waals surface area contributed by atoms with Crippen LogP contribution in [0.25, 0.3) is 16.5 Å². The first kappa shape index (κ1) is 23.9. The Bertz CT molecular complexity index is 1600. The fourth-order valence-electron chi connectivity index (χ4n) is 3.64. The molecule has 0 aliphatic rings. The van der Waals surface area contributed by atoms with Gasteiger partial charge >= 0.3 is 0 Å². The van der Waals surface area contributed by atoms with Crippen LogP contribution in [0.15, 0.2) is 69.8 Å². The van der Waals surface area contributed by atoms with Gasteiger partial charge in [-0.25, -0.2) is 8.42 Å². The molecule has 4 rings (SSSR count). The topological polar surface area (TPSA) is 116 Å². The van der Waals surface area contributed by atoms with Crippen molar-refractivity contribution in [3.05, 3.63) is 92.2 Å². The van der Waals surface area contributed by atoms with Crippen molar-refractivity contribution in [2.45, 2.75) is 17.6 Å². The Labute approximate surface area is 204 Å². The largest absolute Gasteiger partial charge is 0.366 e. The first-order chi connectivity index (χ1) is 16.0. The minimum Gasteiger partial charge on any atom is -0.366 e. The molecule has 174 valence electrons. The predicted octanol–water partition coefficient (Wildman–Crippen LogP) is 3.70. The number of sulfone groups is 1. The second-order valence-corrected chi connectivity index (χ2v) is 11.8. The first-order valence-corrected chi connectivity index (χ1v) is 12.9. The van der Waals surface area contributed by atoms with Crippen LogP contribution in [0.3, 0.4) is 0 Å². The molecule has 0 spiro atoms. The summed E-state index contributed by atoms with van der Waals surface area (Å²) >= 11 is 6.70. The molecular formula is C24H19ClN2O5S2. The van der Waals surface area contributed by atoms with E-state index in [1.54, 1.807) is 42.5 Å². The van der Waals surface area contributed by atoms with Crippen LogP contribution in [-0.2, 0) is 21.1 Å². The number of thiophene rings is 1. The van der Waals surface area contributed by atoms with Crippen LogP contribution in [0.5, 0.6) is 0 Å². The molecule has 0 aliphatic carbocycles. The van der Waals surface area contributed by atoms with Crippen molar-refractivity contribution >= 4 is 55.2 Å². The summed E-state index contributed by atoms with van der Waals surface area (Å²) in [6.07, 6.45) is 1.32. The maximum atomic E-state index is 13.1. The molecule has 0 bridgehead atoms. The Morgan fingerprint density at radius 2 is 1.74 bits per heavy atom. The molecule has 0 saturated carbocycles. The van der Waals surface area contributed by atoms with Crippen LogP contribution >= 0.6 is 22.9 Å². The molecule has 4 aromatic rings. The number of carbonyl (C=O) groups is 2. The smallest absolute Gasteiger partial charge is 0.262 e. The highest BCUT2D eigenvalue weighted by atomic mass is 35.5. The average Bonchev–Trinajstić information content (AvgIpc) is 3.21. The quantitative estimate of drug-likeness (QED) is 0.403. The minimum absolute atomic E-state index is 0.0531. The standard InChI is InChI=1S/C24H19ClN2O5S2/c1-14-2-7-18-19(10-14)20(23(26)29)12-27(24(18)30)16-5-3-15(4-6-16)11-17(28)13-34(31,32)22-9-8-21(25)33-22/h2-10,12H,11,13H2,1H3,(H2,26,29). The molecule has 0 atom stereocenters. The van der Waals surface area contributed by atoms with Crippen LogP contribution in [0, 0.1) is 6.92 Å². The number of carbonyl (C=O) groups excluding carboxylic acids is 2. The molecule has 0 fully saturated rings. The van der Waals surface area contributed by atoms with Gasteiger partial charge in [0.05, 0.1) is 9.90 Å². The van der Waals surface area contributed by atoms with E-state index in [-0.39, 0.29) is 21.8 Å². The maximum absolute atomic E-state index is 13.1. The Hall–Kier alpha value is -3.27. The molecule has 0 unspecified atom stereocenters. The molecule has 0 saturated heterocycles. The van der Waals surface area contributed by atoms with E-state index in [1.807, 2.05) is 6.92 Å². The molecule has 7 nitrogen and oxygen atoms in total. The lowest BCUT2D eigenvalue weighted by Crippen LogP contribution is -2.23. The van der Waals surface area contributed by atoms with E-state index >= 15 is 0 Å². The van der Waals surface area contributed by atoms with Crippen molar-refractivity contribution in [1.29, 1.82) is 0 Å². The van der Waals surface area contributed by atoms with Gasteiger partial charge < -0.3 is 5.73 Å². The second kappa shape index (κ2) is 9.17. The number of hydrogen-bond acceptors (Lipinski definition) is 6. The van der Waals surface area contributed by atoms with E-state index < -0.39 is 27.3 Å². The average molecular weight is 515 g/mol. The number of primary amides is 1. The van der Waals surface area contributed by atoms with Gasteiger partial charge in [-0.2, -0.15) is 0 Å². The molecule has 34 heavy (non-hydrogen) atoms. The Morgan fingerprint density at radius 3 is 2.35 bits per heavy atom. The number of aromatic nitrogens is 1. The predicted molar refractivity (Wildman–Crippen MR) is 133 cm³/mol. The number of benzene rings is 2. The number of rotatable bonds is 7. The molecule has 0 aliphatic heterocycles. The molecule has 10 heteroatoms. The molecule has 2 aromatic heterocycles. The first-order valence-electron chi connectivity index (χ1n) is 10.1. The Kier molecular flexibility index (Phi) is 6.44. The van der Waals surface area contributed by atoms with Crippen LogP contribution in [0.1, 0.15) is 21.5 Å². The number of hydrogen-bond donors (Lipinski definition) is 1. The number of pyridine rings is 1. The van der Waals surface area contributed by atoms with E-state index in [9.17, 15) is 22.8 Å². The summed E-state index contributed by atoms with van der Waals surface area (Å²) in [6, 6.07) is 14.6. The minimum atomic E-state index is -3.76. The van der Waals surface area contributed by atoms with Gasteiger partial charge in [-0.3, -0.25) is 19.0 Å². The van der Waals surface area contributed by atoms with Crippen molar-refractivity contribution in [3.8, 4) is 5.69 Å². The third-order valence-corrected chi connectivity index (χ3v) is 8.75. The zero-order valence-corrected chi connectivity index (χ0v) is 20.3. The molecule has 2 heterocycles. The highest BCUT2D eigenvalue weighted by Crippen LogP contribution is 2.26. The van der Waals surface area contributed by atoms with Crippen molar-refractivity contribution in [3.63, 3.8) is 0 Å². The van der Waals surface area contributed by atoms with Gasteiger partial charge in [0.1, 0.15) is 9.96 Å². The van der Waals surface area contributed by atoms with Gasteiger partial charge in [0.2, 0.25) is 0 Å². The fourth-order valence-corrected chi connectivity index (χ4v) is 6.46. The zero-order valence-electron chi connectivity index (χ0n) is 17.9. The summed E-state index contributed by atoms with van der Waals surface area (Å²) in [4.78, 5) is 37.5. The molecule has 0 radical (unpaired) electrons. The third-order valence-electron chi connectivity index (χ3n) is 5.26. The van der Waals surface area contributed by atoms with Gasteiger partial charge in [-0.15, -0.1) is 11.3 Å². The monoisotopic (exact) mass is 514 g/mol. The van der Waals surface area contributed by atoms with Gasteiger partial charge in [0.25, 0.3) is 11.5 Å². The van der Waals surface area contributed by atoms with E-state index in [2.05, 4.69) is 0 Å². The van der Waals surface area contributed by atoms with Gasteiger partial charge in [0.15, 0.2) is 15.6 Å². The third kappa shape index (κ3) is 4.82. The van der Waals surface area contributed by atoms with Crippen molar-refractivity contribution < 1.29 is 18.0 Å². The van der Waals surface area contributed by atoms with Crippen LogP contribution in [0.4, 0.5) is 0 Å². The molecule has 2 N–H and O–H groups in total. The number of ketones is 1. The van der Waals surface area contributed by atoms with E-state index in [1.165, 1.54) is 22.9 Å². The second-order valence-electron chi connectivity index (χ2n) is 7.83. The molecule has 2 aromatic carbocycles.